The summed E-state index contributed by atoms with van der Waals surface area (Å²) in [6, 6.07) is 23.5. The molecule has 0 aliphatic carbocycles. The predicted molar refractivity (Wildman–Crippen MR) is 192 cm³/mol. The summed E-state index contributed by atoms with van der Waals surface area (Å²) in [6.07, 6.45) is 0. The average molecular weight is 743 g/mol. The quantitative estimate of drug-likeness (QED) is 0.0834. The molecule has 8 N–H and O–H groups in total. The van der Waals surface area contributed by atoms with E-state index in [1.807, 2.05) is 0 Å². The number of carbonyl (C=O) groups is 3. The van der Waals surface area contributed by atoms with Crippen LogP contribution in [0, 0.1) is 0 Å². The highest BCUT2D eigenvalue weighted by molar-refractivity contribution is 7.86. The smallest absolute Gasteiger partial charge is 0.323 e. The number of anilines is 4. The Morgan fingerprint density at radius 2 is 0.865 bits per heavy atom. The number of rotatable bonds is 8. The van der Waals surface area contributed by atoms with Crippen LogP contribution in [-0.4, -0.2) is 54.0 Å². The minimum absolute atomic E-state index is 0.0360. The Labute approximate surface area is 295 Å². The van der Waals surface area contributed by atoms with Crippen LogP contribution in [0.1, 0.15) is 20.7 Å². The second-order valence-corrected chi connectivity index (χ2v) is 14.1. The molecule has 264 valence electrons. The number of fused-ring (bicyclic) bond motifs is 2. The van der Waals surface area contributed by atoms with Crippen LogP contribution in [0.5, 0.6) is 11.5 Å². The first-order valence-electron chi connectivity index (χ1n) is 14.9. The van der Waals surface area contributed by atoms with E-state index in [0.29, 0.717) is 0 Å². The molecule has 17 heteroatoms. The van der Waals surface area contributed by atoms with Gasteiger partial charge in [0.05, 0.1) is 21.2 Å². The minimum Gasteiger partial charge on any atom is -0.507 e. The van der Waals surface area contributed by atoms with Gasteiger partial charge in [0.2, 0.25) is 0 Å². The number of hydrogen-bond donors (Lipinski definition) is 8. The molecular formula is C35H26N4O11S2. The molecule has 0 radical (unpaired) electrons. The van der Waals surface area contributed by atoms with Gasteiger partial charge in [0.25, 0.3) is 32.1 Å². The summed E-state index contributed by atoms with van der Waals surface area (Å²) in [5.41, 5.74) is 0.226. The van der Waals surface area contributed by atoms with E-state index in [1.54, 1.807) is 0 Å². The number of hydrogen-bond acceptors (Lipinski definition) is 9. The number of nitrogens with one attached hydrogen (secondary N) is 4. The lowest BCUT2D eigenvalue weighted by Crippen LogP contribution is -2.20. The highest BCUT2D eigenvalue weighted by Gasteiger charge is 2.20. The van der Waals surface area contributed by atoms with Gasteiger partial charge in [-0.05, 0) is 83.6 Å². The number of phenolic OH excluding ortho intramolecular Hbond substituents is 2. The largest absolute Gasteiger partial charge is 0.507 e. The zero-order chi connectivity index (χ0) is 37.4. The molecule has 0 atom stereocenters. The van der Waals surface area contributed by atoms with Gasteiger partial charge in [0.15, 0.2) is 0 Å². The van der Waals surface area contributed by atoms with Gasteiger partial charge in [-0.15, -0.1) is 0 Å². The first-order chi connectivity index (χ1) is 24.6. The number of amides is 4. The number of urea groups is 1. The molecule has 6 aromatic carbocycles. The third-order valence-corrected chi connectivity index (χ3v) is 9.38. The first-order valence-corrected chi connectivity index (χ1v) is 17.8. The second-order valence-electron chi connectivity index (χ2n) is 11.3. The Kier molecular flexibility index (Phi) is 9.26. The molecule has 0 spiro atoms. The van der Waals surface area contributed by atoms with Crippen molar-refractivity contribution in [2.24, 2.45) is 0 Å². The summed E-state index contributed by atoms with van der Waals surface area (Å²) in [4.78, 5) is 38.4. The molecule has 0 bridgehead atoms. The summed E-state index contributed by atoms with van der Waals surface area (Å²) >= 11 is 0. The SMILES string of the molecule is O=C(Nc1cccc(C(=O)Nc2cc(S(=O)(=O)O)cc3cccc(O)c23)c1)Nc1cccc(C(=O)Nc2cc(S(=O)(=O)O)cc3cccc(O)c23)c1. The molecule has 6 rings (SSSR count). The Morgan fingerprint density at radius 3 is 1.25 bits per heavy atom. The number of phenols is 2. The van der Waals surface area contributed by atoms with Crippen molar-refractivity contribution in [1.29, 1.82) is 0 Å². The molecule has 0 fully saturated rings. The fourth-order valence-corrected chi connectivity index (χ4v) is 6.50. The van der Waals surface area contributed by atoms with Crippen molar-refractivity contribution in [3.05, 3.63) is 120 Å². The maximum atomic E-state index is 13.2. The van der Waals surface area contributed by atoms with Crippen LogP contribution in [0.15, 0.2) is 119 Å². The van der Waals surface area contributed by atoms with Crippen LogP contribution < -0.4 is 21.3 Å². The van der Waals surface area contributed by atoms with Crippen molar-refractivity contribution < 1.29 is 50.5 Å². The lowest BCUT2D eigenvalue weighted by Gasteiger charge is -2.13. The number of benzene rings is 6. The van der Waals surface area contributed by atoms with Gasteiger partial charge in [-0.3, -0.25) is 18.7 Å². The van der Waals surface area contributed by atoms with Crippen LogP contribution in [0.4, 0.5) is 27.5 Å². The third-order valence-electron chi connectivity index (χ3n) is 7.71. The molecule has 0 aliphatic rings. The molecule has 0 saturated heterocycles. The van der Waals surface area contributed by atoms with E-state index in [2.05, 4.69) is 21.3 Å². The Hall–Kier alpha value is -6.53. The van der Waals surface area contributed by atoms with Gasteiger partial charge in [-0.25, -0.2) is 4.79 Å². The summed E-state index contributed by atoms with van der Waals surface area (Å²) in [5.74, 6) is -1.96. The van der Waals surface area contributed by atoms with Crippen molar-refractivity contribution in [1.82, 2.24) is 0 Å². The second kappa shape index (κ2) is 13.6. The van der Waals surface area contributed by atoms with Gasteiger partial charge in [-0.1, -0.05) is 36.4 Å². The van der Waals surface area contributed by atoms with Crippen molar-refractivity contribution in [3.63, 3.8) is 0 Å². The van der Waals surface area contributed by atoms with Crippen molar-refractivity contribution in [2.45, 2.75) is 9.79 Å². The van der Waals surface area contributed by atoms with E-state index in [1.165, 1.54) is 84.9 Å². The molecular weight excluding hydrogens is 717 g/mol. The van der Waals surface area contributed by atoms with Gasteiger partial charge >= 0.3 is 6.03 Å². The molecule has 0 heterocycles. The Morgan fingerprint density at radius 1 is 0.481 bits per heavy atom. The summed E-state index contributed by atoms with van der Waals surface area (Å²) in [7, 11) is -9.32. The van der Waals surface area contributed by atoms with Crippen molar-refractivity contribution in [3.8, 4) is 11.5 Å². The third kappa shape index (κ3) is 7.62. The molecule has 52 heavy (non-hydrogen) atoms. The average Bonchev–Trinajstić information content (AvgIpc) is 3.07. The monoisotopic (exact) mass is 742 g/mol. The van der Waals surface area contributed by atoms with E-state index in [0.717, 1.165) is 24.3 Å². The van der Waals surface area contributed by atoms with Crippen LogP contribution in [0.25, 0.3) is 21.5 Å². The summed E-state index contributed by atoms with van der Waals surface area (Å²) in [5, 5.41) is 31.8. The summed E-state index contributed by atoms with van der Waals surface area (Å²) < 4.78 is 66.6. The highest BCUT2D eigenvalue weighted by Crippen LogP contribution is 2.36. The number of carbonyl (C=O) groups excluding carboxylic acids is 3. The fourth-order valence-electron chi connectivity index (χ4n) is 5.41. The van der Waals surface area contributed by atoms with E-state index in [4.69, 9.17) is 0 Å². The van der Waals surface area contributed by atoms with Gasteiger partial charge < -0.3 is 31.5 Å². The topological polar surface area (TPSA) is 249 Å². The van der Waals surface area contributed by atoms with Gasteiger partial charge in [0.1, 0.15) is 11.5 Å². The highest BCUT2D eigenvalue weighted by atomic mass is 32.2. The Balaban J connectivity index is 1.17. The van der Waals surface area contributed by atoms with Crippen LogP contribution in [0.2, 0.25) is 0 Å². The lowest BCUT2D eigenvalue weighted by atomic mass is 10.1. The van der Waals surface area contributed by atoms with E-state index >= 15 is 0 Å². The summed E-state index contributed by atoms with van der Waals surface area (Å²) in [6.45, 7) is 0. The molecule has 6 aromatic rings. The normalized spacial score (nSPS) is 11.6. The molecule has 0 aliphatic heterocycles. The van der Waals surface area contributed by atoms with E-state index in [-0.39, 0.29) is 66.9 Å². The zero-order valence-corrected chi connectivity index (χ0v) is 28.0. The minimum atomic E-state index is -4.66. The van der Waals surface area contributed by atoms with E-state index < -0.39 is 47.9 Å². The lowest BCUT2D eigenvalue weighted by molar-refractivity contribution is 0.101. The van der Waals surface area contributed by atoms with Crippen molar-refractivity contribution in [2.75, 3.05) is 21.3 Å². The zero-order valence-electron chi connectivity index (χ0n) is 26.4. The molecule has 0 unspecified atom stereocenters. The molecule has 0 saturated carbocycles. The molecule has 4 amide bonds. The van der Waals surface area contributed by atoms with Gasteiger partial charge in [-0.2, -0.15) is 16.8 Å². The van der Waals surface area contributed by atoms with Crippen LogP contribution in [0.3, 0.4) is 0 Å². The Bertz CT molecular complexity index is 2500. The standard InChI is InChI=1S/C35H26N4O11S2/c40-29-11-3-5-19-15-25(51(45,46)47)17-27(31(19)29)38-33(42)21-7-1-9-23(13-21)36-35(44)37-24-10-2-8-22(14-24)34(43)39-28-18-26(52(48,49)50)16-20-6-4-12-30(41)32(20)28/h1-18,40-41H,(H,38,42)(H,39,43)(H2,36,37,44)(H,45,46,47)(H,48,49,50). The molecule has 15 nitrogen and oxygen atoms in total. The van der Waals surface area contributed by atoms with Crippen LogP contribution in [-0.2, 0) is 20.2 Å². The predicted octanol–water partition coefficient (Wildman–Crippen LogP) is 6.05. The van der Waals surface area contributed by atoms with Crippen molar-refractivity contribution >= 4 is 82.4 Å². The van der Waals surface area contributed by atoms with E-state index in [9.17, 15) is 50.5 Å². The first kappa shape index (κ1) is 35.3. The fraction of sp³-hybridized carbons (Fsp3) is 0. The van der Waals surface area contributed by atoms with Gasteiger partial charge in [0, 0.05) is 33.3 Å². The maximum Gasteiger partial charge on any atom is 0.323 e. The maximum absolute atomic E-state index is 13.2. The molecule has 0 aromatic heterocycles. The number of aromatic hydroxyl groups is 2. The van der Waals surface area contributed by atoms with Crippen LogP contribution >= 0.6 is 0 Å².